The number of nitrogens with zero attached hydrogens (tertiary/aromatic N) is 5. The van der Waals surface area contributed by atoms with Crippen LogP contribution in [0.25, 0.3) is 5.65 Å². The molecule has 7 rings (SSSR count). The van der Waals surface area contributed by atoms with Crippen molar-refractivity contribution in [3.05, 3.63) is 60.0 Å². The first kappa shape index (κ1) is 31.0. The number of pyridine rings is 1. The minimum atomic E-state index is -0.0492. The molecule has 2 aliphatic carbocycles. The summed E-state index contributed by atoms with van der Waals surface area (Å²) in [6.07, 6.45) is 10.9. The predicted octanol–water partition coefficient (Wildman–Crippen LogP) is 4.81. The molecule has 43 heavy (non-hydrogen) atoms. The largest absolute Gasteiger partial charge is 0.469 e. The maximum absolute atomic E-state index is 11.6. The molecular formula is C34H48N6O3. The standard InChI is InChI=1S/C15H24N2O3.C13H18N4.C6H6/c1-20-14(19)11-3-6-17(7-4-11)13-2-5-15(13)8-12(9-15)16-10-18;1-9-4-5-16(7-9)12-6-10(2)13-14-11(3)15-17(13)8-12;1-2-4-6-5-3-1/h10-13H,2-9H2,1H3,(H,16,18);6,8-9H,4-5,7H2,1-3H3;1-6H. The number of likely N-dealkylation sites (tertiary alicyclic amines) is 1. The topological polar surface area (TPSA) is 92.1 Å². The van der Waals surface area contributed by atoms with Gasteiger partial charge in [0.25, 0.3) is 0 Å². The zero-order chi connectivity index (χ0) is 30.4. The van der Waals surface area contributed by atoms with E-state index in [0.29, 0.717) is 17.5 Å². The minimum absolute atomic E-state index is 0.0492. The first-order valence-corrected chi connectivity index (χ1v) is 15.9. The summed E-state index contributed by atoms with van der Waals surface area (Å²) in [4.78, 5) is 31.5. The van der Waals surface area contributed by atoms with Crippen molar-refractivity contribution < 1.29 is 14.3 Å². The van der Waals surface area contributed by atoms with Gasteiger partial charge in [0.15, 0.2) is 5.65 Å². The number of aromatic nitrogens is 3. The van der Waals surface area contributed by atoms with E-state index in [9.17, 15) is 9.59 Å². The number of carbonyl (C=O) groups excluding carboxylic acids is 2. The van der Waals surface area contributed by atoms with Crippen LogP contribution in [-0.4, -0.2) is 77.2 Å². The van der Waals surface area contributed by atoms with Gasteiger partial charge in [-0.1, -0.05) is 43.3 Å². The summed E-state index contributed by atoms with van der Waals surface area (Å²) in [5, 5.41) is 7.30. The SMILES string of the molecule is COC(=O)C1CCN(C2CCC23CC(NC=O)C3)CC1.Cc1nc2c(C)cc(N3CCC(C)C3)cn2n1.c1ccccc1. The lowest BCUT2D eigenvalue weighted by Crippen LogP contribution is -2.65. The Morgan fingerprint density at radius 3 is 2.23 bits per heavy atom. The number of amides is 1. The molecule has 4 fully saturated rings. The normalized spacial score (nSPS) is 26.8. The number of piperidine rings is 1. The highest BCUT2D eigenvalue weighted by Crippen LogP contribution is 2.58. The number of benzene rings is 1. The molecule has 1 amide bonds. The van der Waals surface area contributed by atoms with Crippen molar-refractivity contribution >= 4 is 23.7 Å². The van der Waals surface area contributed by atoms with Gasteiger partial charge in [-0.15, -0.1) is 0 Å². The van der Waals surface area contributed by atoms with Gasteiger partial charge >= 0.3 is 5.97 Å². The van der Waals surface area contributed by atoms with Gasteiger partial charge in [0.2, 0.25) is 6.41 Å². The number of hydrogen-bond donors (Lipinski definition) is 1. The van der Waals surface area contributed by atoms with Gasteiger partial charge in [-0.2, -0.15) is 5.10 Å². The van der Waals surface area contributed by atoms with Crippen LogP contribution in [0.1, 0.15) is 63.3 Å². The molecule has 1 spiro atoms. The van der Waals surface area contributed by atoms with Crippen molar-refractivity contribution in [1.29, 1.82) is 0 Å². The molecule has 4 heterocycles. The van der Waals surface area contributed by atoms with E-state index in [-0.39, 0.29) is 11.9 Å². The third-order valence-corrected chi connectivity index (χ3v) is 9.90. The lowest BCUT2D eigenvalue weighted by molar-refractivity contribution is -0.149. The van der Waals surface area contributed by atoms with Crippen LogP contribution in [0.15, 0.2) is 48.7 Å². The molecule has 9 nitrogen and oxygen atoms in total. The highest BCUT2D eigenvalue weighted by molar-refractivity contribution is 5.72. The molecule has 2 aliphatic heterocycles. The summed E-state index contributed by atoms with van der Waals surface area (Å²) in [6.45, 7) is 10.7. The van der Waals surface area contributed by atoms with Gasteiger partial charge in [-0.25, -0.2) is 9.50 Å². The Kier molecular flexibility index (Phi) is 10.0. The zero-order valence-electron chi connectivity index (χ0n) is 26.2. The fourth-order valence-electron chi connectivity index (χ4n) is 7.44. The monoisotopic (exact) mass is 588 g/mol. The van der Waals surface area contributed by atoms with Gasteiger partial charge in [-0.3, -0.25) is 14.5 Å². The van der Waals surface area contributed by atoms with Crippen LogP contribution in [0, 0.1) is 31.1 Å². The number of rotatable bonds is 5. The number of hydrogen-bond acceptors (Lipinski definition) is 7. The number of anilines is 1. The second-order valence-electron chi connectivity index (χ2n) is 12.9. The lowest BCUT2D eigenvalue weighted by Gasteiger charge is -2.62. The van der Waals surface area contributed by atoms with E-state index in [2.05, 4.69) is 51.3 Å². The van der Waals surface area contributed by atoms with Crippen molar-refractivity contribution in [2.45, 2.75) is 77.8 Å². The number of carbonyl (C=O) groups is 2. The van der Waals surface area contributed by atoms with Crippen molar-refractivity contribution in [2.24, 2.45) is 17.3 Å². The molecule has 3 aromatic rings. The molecule has 2 atom stereocenters. The molecule has 4 aliphatic rings. The van der Waals surface area contributed by atoms with E-state index in [1.54, 1.807) is 0 Å². The van der Waals surface area contributed by atoms with Crippen LogP contribution in [0.4, 0.5) is 5.69 Å². The molecule has 2 aromatic heterocycles. The van der Waals surface area contributed by atoms with Crippen molar-refractivity contribution in [3.8, 4) is 0 Å². The highest BCUT2D eigenvalue weighted by atomic mass is 16.5. The van der Waals surface area contributed by atoms with E-state index < -0.39 is 0 Å². The van der Waals surface area contributed by atoms with Gasteiger partial charge in [0.05, 0.1) is 24.9 Å². The summed E-state index contributed by atoms with van der Waals surface area (Å²) in [5.41, 5.74) is 3.89. The Labute approximate surface area is 256 Å². The van der Waals surface area contributed by atoms with Crippen molar-refractivity contribution in [1.82, 2.24) is 24.8 Å². The van der Waals surface area contributed by atoms with Gasteiger partial charge in [0, 0.05) is 25.2 Å². The third-order valence-electron chi connectivity index (χ3n) is 9.90. The molecule has 232 valence electrons. The first-order chi connectivity index (χ1) is 20.8. The number of nitrogens with one attached hydrogen (secondary N) is 1. The number of aryl methyl sites for hydroxylation is 2. The first-order valence-electron chi connectivity index (χ1n) is 15.9. The highest BCUT2D eigenvalue weighted by Gasteiger charge is 2.57. The van der Waals surface area contributed by atoms with Gasteiger partial charge < -0.3 is 15.0 Å². The van der Waals surface area contributed by atoms with Crippen molar-refractivity contribution in [3.63, 3.8) is 0 Å². The maximum atomic E-state index is 11.6. The van der Waals surface area contributed by atoms with E-state index >= 15 is 0 Å². The molecule has 0 radical (unpaired) electrons. The quantitative estimate of drug-likeness (QED) is 0.338. The van der Waals surface area contributed by atoms with Crippen LogP contribution >= 0.6 is 0 Å². The van der Waals surface area contributed by atoms with Crippen LogP contribution in [0.2, 0.25) is 0 Å². The summed E-state index contributed by atoms with van der Waals surface area (Å²) in [5.74, 6) is 1.67. The fourth-order valence-corrected chi connectivity index (χ4v) is 7.44. The molecule has 1 aromatic carbocycles. The van der Waals surface area contributed by atoms with E-state index in [4.69, 9.17) is 4.74 Å². The van der Waals surface area contributed by atoms with E-state index in [1.807, 2.05) is 47.8 Å². The van der Waals surface area contributed by atoms with Gasteiger partial charge in [-0.05, 0) is 94.8 Å². The smallest absolute Gasteiger partial charge is 0.308 e. The number of fused-ring (bicyclic) bond motifs is 1. The van der Waals surface area contributed by atoms with E-state index in [1.165, 1.54) is 37.6 Å². The summed E-state index contributed by atoms with van der Waals surface area (Å²) >= 11 is 0. The fraction of sp³-hybridized carbons (Fsp3) is 0.588. The lowest BCUT2D eigenvalue weighted by atomic mass is 9.50. The summed E-state index contributed by atoms with van der Waals surface area (Å²) in [7, 11) is 1.48. The number of ether oxygens (including phenoxy) is 1. The number of esters is 1. The molecule has 1 N–H and O–H groups in total. The molecule has 2 saturated heterocycles. The minimum Gasteiger partial charge on any atom is -0.469 e. The van der Waals surface area contributed by atoms with Crippen LogP contribution in [0.5, 0.6) is 0 Å². The molecule has 2 unspecified atom stereocenters. The molecule has 2 saturated carbocycles. The predicted molar refractivity (Wildman–Crippen MR) is 169 cm³/mol. The van der Waals surface area contributed by atoms with Crippen molar-refractivity contribution in [2.75, 3.05) is 38.2 Å². The Hall–Kier alpha value is -3.46. The van der Waals surface area contributed by atoms with Crippen LogP contribution in [0.3, 0.4) is 0 Å². The molecule has 9 heteroatoms. The average molecular weight is 589 g/mol. The number of methoxy groups -OCH3 is 1. The van der Waals surface area contributed by atoms with Crippen LogP contribution in [-0.2, 0) is 14.3 Å². The maximum Gasteiger partial charge on any atom is 0.308 e. The molecule has 0 bridgehead atoms. The Balaban J connectivity index is 0.000000145. The van der Waals surface area contributed by atoms with E-state index in [0.717, 1.165) is 75.7 Å². The van der Waals surface area contributed by atoms with Gasteiger partial charge in [0.1, 0.15) is 5.82 Å². The Morgan fingerprint density at radius 1 is 1.02 bits per heavy atom. The Morgan fingerprint density at radius 2 is 1.70 bits per heavy atom. The zero-order valence-corrected chi connectivity index (χ0v) is 26.2. The summed E-state index contributed by atoms with van der Waals surface area (Å²) < 4.78 is 6.75. The average Bonchev–Trinajstić information content (AvgIpc) is 3.60. The van der Waals surface area contributed by atoms with Crippen LogP contribution < -0.4 is 10.2 Å². The second kappa shape index (κ2) is 13.9. The Bertz CT molecular complexity index is 1320. The third kappa shape index (κ3) is 7.20. The molecular weight excluding hydrogens is 540 g/mol. The second-order valence-corrected chi connectivity index (χ2v) is 12.9. The summed E-state index contributed by atoms with van der Waals surface area (Å²) in [6, 6.07) is 15.3.